The van der Waals surface area contributed by atoms with Crippen molar-refractivity contribution in [3.8, 4) is 0 Å². The van der Waals surface area contributed by atoms with Crippen LogP contribution in [0.5, 0.6) is 0 Å². The van der Waals surface area contributed by atoms with Gasteiger partial charge in [0.05, 0.1) is 6.10 Å². The molecule has 0 amide bonds. The molecule has 0 aromatic heterocycles. The summed E-state index contributed by atoms with van der Waals surface area (Å²) in [5.41, 5.74) is 0. The van der Waals surface area contributed by atoms with E-state index in [1.807, 2.05) is 0 Å². The Morgan fingerprint density at radius 2 is 2.67 bits per heavy atom. The quantitative estimate of drug-likeness (QED) is 0.434. The van der Waals surface area contributed by atoms with E-state index in [4.69, 9.17) is 16.3 Å². The third kappa shape index (κ3) is 1.64. The van der Waals surface area contributed by atoms with Crippen LogP contribution in [0.2, 0.25) is 0 Å². The van der Waals surface area contributed by atoms with Crippen molar-refractivity contribution >= 4 is 17.9 Å². The van der Waals surface area contributed by atoms with Crippen molar-refractivity contribution < 1.29 is 9.53 Å². The van der Waals surface area contributed by atoms with E-state index in [2.05, 4.69) is 5.32 Å². The van der Waals surface area contributed by atoms with E-state index in [1.54, 1.807) is 0 Å². The van der Waals surface area contributed by atoms with Gasteiger partial charge in [-0.15, -0.1) is 11.6 Å². The van der Waals surface area contributed by atoms with Gasteiger partial charge in [-0.1, -0.05) is 0 Å². The van der Waals surface area contributed by atoms with Crippen molar-refractivity contribution in [3.63, 3.8) is 0 Å². The third-order valence-electron chi connectivity index (χ3n) is 1.18. The Hall–Kier alpha value is -0.120. The lowest BCUT2D eigenvalue weighted by atomic mass is 10.4. The van der Waals surface area contributed by atoms with Gasteiger partial charge in [-0.05, 0) is 0 Å². The largest absolute Gasteiger partial charge is 0.350 e. The summed E-state index contributed by atoms with van der Waals surface area (Å²) in [5, 5.41) is 2.83. The fourth-order valence-electron chi connectivity index (χ4n) is 0.722. The van der Waals surface area contributed by atoms with Crippen molar-refractivity contribution in [1.29, 1.82) is 0 Å². The molecule has 0 spiro atoms. The van der Waals surface area contributed by atoms with Gasteiger partial charge in [0, 0.05) is 12.4 Å². The summed E-state index contributed by atoms with van der Waals surface area (Å²) < 4.78 is 5.05. The number of ether oxygens (including phenoxy) is 1. The van der Waals surface area contributed by atoms with Gasteiger partial charge in [0.1, 0.15) is 0 Å². The number of hydrogen-bond donors (Lipinski definition) is 1. The molecule has 0 aromatic rings. The molecule has 1 heterocycles. The molecule has 9 heavy (non-hydrogen) atoms. The summed E-state index contributed by atoms with van der Waals surface area (Å²) in [5.74, 6) is 0.442. The lowest BCUT2D eigenvalue weighted by Crippen LogP contribution is -2.23. The maximum Gasteiger partial charge on any atom is 0.165 e. The Kier molecular flexibility index (Phi) is 2.45. The van der Waals surface area contributed by atoms with Gasteiger partial charge in [-0.25, -0.2) is 0 Å². The zero-order chi connectivity index (χ0) is 6.69. The van der Waals surface area contributed by atoms with Crippen LogP contribution < -0.4 is 5.32 Å². The Balaban J connectivity index is 2.28. The highest BCUT2D eigenvalue weighted by atomic mass is 35.5. The van der Waals surface area contributed by atoms with Gasteiger partial charge in [0.25, 0.3) is 0 Å². The number of hydrogen-bond acceptors (Lipinski definition) is 3. The summed E-state index contributed by atoms with van der Waals surface area (Å²) in [6.45, 7) is 0.674. The molecule has 1 saturated heterocycles. The second-order valence-electron chi connectivity index (χ2n) is 1.88. The van der Waals surface area contributed by atoms with E-state index in [9.17, 15) is 4.79 Å². The molecule has 3 nitrogen and oxygen atoms in total. The lowest BCUT2D eigenvalue weighted by Gasteiger charge is -2.02. The molecule has 0 bridgehead atoms. The maximum atomic E-state index is 10.0. The van der Waals surface area contributed by atoms with Gasteiger partial charge in [-0.2, -0.15) is 0 Å². The van der Waals surface area contributed by atoms with Crippen LogP contribution in [0.15, 0.2) is 0 Å². The number of nitrogens with one attached hydrogen (secondary N) is 1. The van der Waals surface area contributed by atoms with Crippen LogP contribution in [0, 0.1) is 0 Å². The van der Waals surface area contributed by atoms with Crippen molar-refractivity contribution in [1.82, 2.24) is 5.32 Å². The van der Waals surface area contributed by atoms with E-state index in [-0.39, 0.29) is 6.10 Å². The first-order chi connectivity index (χ1) is 4.36. The molecule has 1 aliphatic rings. The predicted molar refractivity (Wildman–Crippen MR) is 33.4 cm³/mol. The van der Waals surface area contributed by atoms with E-state index in [0.29, 0.717) is 12.4 Å². The fraction of sp³-hybridized carbons (Fsp3) is 0.800. The molecule has 1 rings (SSSR count). The molecule has 1 aliphatic heterocycles. The minimum atomic E-state index is -0.436. The molecule has 4 heteroatoms. The number of carbonyl (C=O) groups is 1. The van der Waals surface area contributed by atoms with Crippen LogP contribution in [-0.2, 0) is 9.53 Å². The van der Waals surface area contributed by atoms with Crippen LogP contribution in [-0.4, -0.2) is 31.0 Å². The molecule has 1 N–H and O–H groups in total. The minimum Gasteiger partial charge on any atom is -0.350 e. The highest BCUT2D eigenvalue weighted by Gasteiger charge is 2.22. The summed E-state index contributed by atoms with van der Waals surface area (Å²) in [7, 11) is 0. The first-order valence-corrected chi connectivity index (χ1v) is 3.30. The van der Waals surface area contributed by atoms with Gasteiger partial charge >= 0.3 is 0 Å². The van der Waals surface area contributed by atoms with Crippen molar-refractivity contribution in [2.75, 3.05) is 12.4 Å². The zero-order valence-electron chi connectivity index (χ0n) is 4.84. The second-order valence-corrected chi connectivity index (χ2v) is 2.19. The van der Waals surface area contributed by atoms with E-state index in [0.717, 1.165) is 6.29 Å². The Morgan fingerprint density at radius 1 is 1.89 bits per heavy atom. The van der Waals surface area contributed by atoms with Crippen molar-refractivity contribution in [2.45, 2.75) is 12.3 Å². The standard InChI is InChI=1S/C5H8ClNO2/c6-1-4-2-7-5(3-8)9-4/h3-5,7H,1-2H2. The van der Waals surface area contributed by atoms with Gasteiger partial charge < -0.3 is 4.74 Å². The molecular formula is C5H8ClNO2. The van der Waals surface area contributed by atoms with Crippen molar-refractivity contribution in [3.05, 3.63) is 0 Å². The van der Waals surface area contributed by atoms with Crippen LogP contribution in [0.25, 0.3) is 0 Å². The van der Waals surface area contributed by atoms with Gasteiger partial charge in [0.15, 0.2) is 12.5 Å². The molecule has 0 radical (unpaired) electrons. The highest BCUT2D eigenvalue weighted by Crippen LogP contribution is 2.03. The maximum absolute atomic E-state index is 10.0. The number of rotatable bonds is 2. The summed E-state index contributed by atoms with van der Waals surface area (Å²) in [4.78, 5) is 10.0. The molecule has 52 valence electrons. The number of carbonyl (C=O) groups excluding carboxylic acids is 1. The third-order valence-corrected chi connectivity index (χ3v) is 1.53. The topological polar surface area (TPSA) is 38.3 Å². The lowest BCUT2D eigenvalue weighted by molar-refractivity contribution is -0.117. The predicted octanol–water partition coefficient (Wildman–Crippen LogP) is -0.261. The molecular weight excluding hydrogens is 142 g/mol. The average Bonchev–Trinajstić information content (AvgIpc) is 2.34. The molecule has 2 atom stereocenters. The Morgan fingerprint density at radius 3 is 3.00 bits per heavy atom. The first-order valence-electron chi connectivity index (χ1n) is 2.77. The molecule has 1 fully saturated rings. The summed E-state index contributed by atoms with van der Waals surface area (Å²) >= 11 is 5.45. The Bertz CT molecular complexity index is 109. The Labute approximate surface area is 58.3 Å². The number of aldehydes is 1. The average molecular weight is 150 g/mol. The summed E-state index contributed by atoms with van der Waals surface area (Å²) in [6.07, 6.45) is 0.294. The first kappa shape index (κ1) is 6.99. The molecule has 0 aromatic carbocycles. The fourth-order valence-corrected chi connectivity index (χ4v) is 0.904. The molecule has 0 saturated carbocycles. The highest BCUT2D eigenvalue weighted by molar-refractivity contribution is 6.18. The van der Waals surface area contributed by atoms with E-state index in [1.165, 1.54) is 0 Å². The van der Waals surface area contributed by atoms with Crippen LogP contribution in [0.4, 0.5) is 0 Å². The van der Waals surface area contributed by atoms with Gasteiger partial charge in [0.2, 0.25) is 0 Å². The van der Waals surface area contributed by atoms with Crippen molar-refractivity contribution in [2.24, 2.45) is 0 Å². The SMILES string of the molecule is O=CC1NCC(CCl)O1. The normalized spacial score (nSPS) is 34.8. The zero-order valence-corrected chi connectivity index (χ0v) is 5.60. The minimum absolute atomic E-state index is 0.00173. The number of alkyl halides is 1. The summed E-state index contributed by atoms with van der Waals surface area (Å²) in [6, 6.07) is 0. The van der Waals surface area contributed by atoms with E-state index < -0.39 is 6.23 Å². The second kappa shape index (κ2) is 3.15. The van der Waals surface area contributed by atoms with Gasteiger partial charge in [-0.3, -0.25) is 10.1 Å². The molecule has 2 unspecified atom stereocenters. The van der Waals surface area contributed by atoms with E-state index >= 15 is 0 Å². The van der Waals surface area contributed by atoms with Crippen LogP contribution in [0.3, 0.4) is 0 Å². The molecule has 0 aliphatic carbocycles. The van der Waals surface area contributed by atoms with Crippen LogP contribution in [0.1, 0.15) is 0 Å². The smallest absolute Gasteiger partial charge is 0.165 e. The number of halogens is 1. The monoisotopic (exact) mass is 149 g/mol. The van der Waals surface area contributed by atoms with Crippen LogP contribution >= 0.6 is 11.6 Å².